The number of nitrogens with zero attached hydrogens (tertiary/aromatic N) is 1. The van der Waals surface area contributed by atoms with E-state index >= 15 is 0 Å². The minimum atomic E-state index is -1.22. The van der Waals surface area contributed by atoms with Crippen molar-refractivity contribution in [3.8, 4) is 5.75 Å². The van der Waals surface area contributed by atoms with Gasteiger partial charge in [0.05, 0.1) is 12.6 Å². The van der Waals surface area contributed by atoms with Gasteiger partial charge < -0.3 is 38.0 Å². The van der Waals surface area contributed by atoms with E-state index in [4.69, 9.17) is 17.2 Å². The topological polar surface area (TPSA) is 206 Å². The van der Waals surface area contributed by atoms with Crippen LogP contribution in [0.3, 0.4) is 0 Å². The number of carboxylic acids is 1. The number of nitrogens with one attached hydrogen (secondary N) is 2. The van der Waals surface area contributed by atoms with Crippen molar-refractivity contribution >= 4 is 23.7 Å². The molecular formula is C17H26N6O5. The van der Waals surface area contributed by atoms with E-state index in [0.717, 1.165) is 0 Å². The summed E-state index contributed by atoms with van der Waals surface area (Å²) >= 11 is 0. The van der Waals surface area contributed by atoms with E-state index in [1.165, 1.54) is 12.1 Å². The molecule has 0 bridgehead atoms. The van der Waals surface area contributed by atoms with Crippen LogP contribution in [0, 0.1) is 0 Å². The Balaban J connectivity index is 2.43. The van der Waals surface area contributed by atoms with Crippen molar-refractivity contribution in [1.29, 1.82) is 0 Å². The summed E-state index contributed by atoms with van der Waals surface area (Å²) in [5.41, 5.74) is 16.7. The van der Waals surface area contributed by atoms with Gasteiger partial charge in [-0.05, 0) is 30.5 Å². The number of hydrogen-bond donors (Lipinski definition) is 7. The summed E-state index contributed by atoms with van der Waals surface area (Å²) in [6, 6.07) is 3.94. The molecule has 0 radical (unpaired) electrons. The number of phenols is 1. The summed E-state index contributed by atoms with van der Waals surface area (Å²) in [5, 5.41) is 23.2. The van der Waals surface area contributed by atoms with Gasteiger partial charge in [0.25, 0.3) is 0 Å². The van der Waals surface area contributed by atoms with Gasteiger partial charge in [-0.1, -0.05) is 12.1 Å². The van der Waals surface area contributed by atoms with Crippen LogP contribution in [-0.2, 0) is 20.8 Å². The van der Waals surface area contributed by atoms with Gasteiger partial charge in [0.2, 0.25) is 11.8 Å². The van der Waals surface area contributed by atoms with Crippen LogP contribution in [0.25, 0.3) is 0 Å². The smallest absolute Gasteiger partial charge is 0.326 e. The van der Waals surface area contributed by atoms with Gasteiger partial charge in [0, 0.05) is 13.0 Å². The van der Waals surface area contributed by atoms with Gasteiger partial charge >= 0.3 is 5.97 Å². The number of carboxylic acid groups (broad SMARTS) is 1. The monoisotopic (exact) mass is 394 g/mol. The largest absolute Gasteiger partial charge is 0.508 e. The van der Waals surface area contributed by atoms with Crippen LogP contribution < -0.4 is 27.8 Å². The number of amides is 2. The van der Waals surface area contributed by atoms with E-state index in [2.05, 4.69) is 15.6 Å². The molecule has 0 spiro atoms. The van der Waals surface area contributed by atoms with Crippen molar-refractivity contribution in [2.75, 3.05) is 13.1 Å². The molecule has 0 fully saturated rings. The van der Waals surface area contributed by atoms with Gasteiger partial charge in [-0.15, -0.1) is 0 Å². The second-order valence-electron chi connectivity index (χ2n) is 6.10. The first-order valence-electron chi connectivity index (χ1n) is 8.57. The number of benzene rings is 1. The van der Waals surface area contributed by atoms with Crippen molar-refractivity contribution in [3.63, 3.8) is 0 Å². The van der Waals surface area contributed by atoms with Gasteiger partial charge in [-0.25, -0.2) is 4.79 Å². The number of phenolic OH excluding ortho intramolecular Hbond substituents is 1. The fourth-order valence-corrected chi connectivity index (χ4v) is 2.26. The molecule has 28 heavy (non-hydrogen) atoms. The second-order valence-corrected chi connectivity index (χ2v) is 6.10. The third kappa shape index (κ3) is 8.85. The number of rotatable bonds is 11. The highest BCUT2D eigenvalue weighted by Crippen LogP contribution is 2.11. The number of guanidine groups is 1. The predicted octanol–water partition coefficient (Wildman–Crippen LogP) is -2.00. The third-order valence-electron chi connectivity index (χ3n) is 3.74. The zero-order valence-corrected chi connectivity index (χ0v) is 15.3. The van der Waals surface area contributed by atoms with Crippen molar-refractivity contribution in [2.24, 2.45) is 22.2 Å². The molecule has 2 unspecified atom stereocenters. The second kappa shape index (κ2) is 11.4. The predicted molar refractivity (Wildman–Crippen MR) is 102 cm³/mol. The lowest BCUT2D eigenvalue weighted by Gasteiger charge is -2.16. The van der Waals surface area contributed by atoms with Crippen molar-refractivity contribution in [2.45, 2.75) is 31.3 Å². The standard InChI is InChI=1S/C17H26N6O5/c18-12(2-1-7-21-17(19)20)15(26)22-9-14(25)23-13(16(27)28)8-10-3-5-11(24)6-4-10/h3-6,12-13,24H,1-2,7-9,18H2,(H,22,26)(H,23,25)(H,27,28)(H4,19,20,21). The maximum Gasteiger partial charge on any atom is 0.326 e. The fraction of sp³-hybridized carbons (Fsp3) is 0.412. The summed E-state index contributed by atoms with van der Waals surface area (Å²) in [6.45, 7) is -0.0683. The molecule has 11 nitrogen and oxygen atoms in total. The summed E-state index contributed by atoms with van der Waals surface area (Å²) < 4.78 is 0. The van der Waals surface area contributed by atoms with Crippen LogP contribution in [0.15, 0.2) is 29.3 Å². The molecule has 2 amide bonds. The molecule has 2 atom stereocenters. The SMILES string of the molecule is NC(N)=NCCCC(N)C(=O)NCC(=O)NC(Cc1ccc(O)cc1)C(=O)O. The highest BCUT2D eigenvalue weighted by molar-refractivity contribution is 5.89. The van der Waals surface area contributed by atoms with Crippen LogP contribution >= 0.6 is 0 Å². The minimum Gasteiger partial charge on any atom is -0.508 e. The molecule has 0 aliphatic heterocycles. The summed E-state index contributed by atoms with van der Waals surface area (Å²) in [6.07, 6.45) is 0.842. The van der Waals surface area contributed by atoms with E-state index in [0.29, 0.717) is 24.9 Å². The minimum absolute atomic E-state index is 0.0274. The Kier molecular flexibility index (Phi) is 9.23. The van der Waals surface area contributed by atoms with Gasteiger partial charge in [0.15, 0.2) is 5.96 Å². The molecule has 0 aromatic heterocycles. The highest BCUT2D eigenvalue weighted by atomic mass is 16.4. The molecule has 0 saturated heterocycles. The van der Waals surface area contributed by atoms with E-state index in [9.17, 15) is 24.6 Å². The maximum absolute atomic E-state index is 11.9. The molecule has 0 aliphatic carbocycles. The zero-order chi connectivity index (χ0) is 21.1. The van der Waals surface area contributed by atoms with Gasteiger partial charge in [0.1, 0.15) is 11.8 Å². The van der Waals surface area contributed by atoms with Crippen molar-refractivity contribution in [1.82, 2.24) is 10.6 Å². The Morgan fingerprint density at radius 1 is 1.14 bits per heavy atom. The third-order valence-corrected chi connectivity index (χ3v) is 3.74. The molecule has 0 aliphatic rings. The Morgan fingerprint density at radius 3 is 2.36 bits per heavy atom. The van der Waals surface area contributed by atoms with Crippen molar-refractivity contribution < 1.29 is 24.6 Å². The Hall–Kier alpha value is -3.34. The maximum atomic E-state index is 11.9. The molecule has 1 rings (SSSR count). The first kappa shape index (κ1) is 22.7. The van der Waals surface area contributed by atoms with Crippen LogP contribution in [0.4, 0.5) is 0 Å². The summed E-state index contributed by atoms with van der Waals surface area (Å²) in [7, 11) is 0. The number of aliphatic imine (C=N–C) groups is 1. The van der Waals surface area contributed by atoms with Gasteiger partial charge in [-0.2, -0.15) is 0 Å². The lowest BCUT2D eigenvalue weighted by atomic mass is 10.1. The number of aromatic hydroxyl groups is 1. The number of nitrogens with two attached hydrogens (primary N) is 3. The molecule has 1 aromatic rings. The molecular weight excluding hydrogens is 368 g/mol. The lowest BCUT2D eigenvalue weighted by Crippen LogP contribution is -2.49. The molecule has 10 N–H and O–H groups in total. The molecule has 11 heteroatoms. The average Bonchev–Trinajstić information content (AvgIpc) is 2.64. The van der Waals surface area contributed by atoms with Gasteiger partial charge in [-0.3, -0.25) is 14.6 Å². The van der Waals surface area contributed by atoms with E-state index in [1.807, 2.05) is 0 Å². The first-order chi connectivity index (χ1) is 13.2. The zero-order valence-electron chi connectivity index (χ0n) is 15.3. The molecule has 154 valence electrons. The highest BCUT2D eigenvalue weighted by Gasteiger charge is 2.21. The molecule has 0 saturated carbocycles. The summed E-state index contributed by atoms with van der Waals surface area (Å²) in [4.78, 5) is 38.9. The fourth-order valence-electron chi connectivity index (χ4n) is 2.26. The Labute approximate surface area is 162 Å². The quantitative estimate of drug-likeness (QED) is 0.127. The normalized spacial score (nSPS) is 12.5. The number of aliphatic carboxylic acids is 1. The molecule has 0 heterocycles. The lowest BCUT2D eigenvalue weighted by molar-refractivity contribution is -0.141. The summed E-state index contributed by atoms with van der Waals surface area (Å²) in [5.74, 6) is -2.41. The first-order valence-corrected chi connectivity index (χ1v) is 8.57. The van der Waals surface area contributed by atoms with E-state index in [-0.39, 0.29) is 18.1 Å². The Morgan fingerprint density at radius 2 is 1.79 bits per heavy atom. The number of hydrogen-bond acceptors (Lipinski definition) is 6. The van der Waals surface area contributed by atoms with Crippen LogP contribution in [-0.4, -0.2) is 59.1 Å². The molecule has 1 aromatic carbocycles. The number of carbonyl (C=O) groups excluding carboxylic acids is 2. The Bertz CT molecular complexity index is 702. The number of carbonyl (C=O) groups is 3. The average molecular weight is 394 g/mol. The van der Waals surface area contributed by atoms with Crippen LogP contribution in [0.2, 0.25) is 0 Å². The van der Waals surface area contributed by atoms with E-state index in [1.54, 1.807) is 12.1 Å². The van der Waals surface area contributed by atoms with E-state index < -0.39 is 36.4 Å². The van der Waals surface area contributed by atoms with Crippen molar-refractivity contribution in [3.05, 3.63) is 29.8 Å². The van der Waals surface area contributed by atoms with Crippen LogP contribution in [0.1, 0.15) is 18.4 Å². The van der Waals surface area contributed by atoms with Crippen LogP contribution in [0.5, 0.6) is 5.75 Å².